The Labute approximate surface area is 210 Å². The van der Waals surface area contributed by atoms with Crippen LogP contribution < -0.4 is 14.4 Å². The molecule has 36 heavy (non-hydrogen) atoms. The third-order valence-corrected chi connectivity index (χ3v) is 6.92. The number of fused-ring (bicyclic) bond motifs is 1. The minimum atomic E-state index is -1.87. The zero-order valence-electron chi connectivity index (χ0n) is 20.2. The van der Waals surface area contributed by atoms with Gasteiger partial charge in [0.05, 0.1) is 19.9 Å². The van der Waals surface area contributed by atoms with E-state index in [9.17, 15) is 9.90 Å². The number of hydrogen-bond donors (Lipinski definition) is 1. The molecular formula is C31H27NO4. The van der Waals surface area contributed by atoms with Gasteiger partial charge in [-0.2, -0.15) is 0 Å². The normalized spacial score (nSPS) is 17.0. The summed E-state index contributed by atoms with van der Waals surface area (Å²) in [5, 5.41) is 11.6. The highest BCUT2D eigenvalue weighted by molar-refractivity contribution is 6.10. The molecule has 1 heterocycles. The first-order valence-electron chi connectivity index (χ1n) is 11.7. The Morgan fingerprint density at radius 3 is 1.72 bits per heavy atom. The number of carbonyl (C=O) groups excluding carboxylic acids is 1. The molecule has 4 aromatic carbocycles. The van der Waals surface area contributed by atoms with Gasteiger partial charge in [-0.05, 0) is 53.1 Å². The van der Waals surface area contributed by atoms with Gasteiger partial charge < -0.3 is 14.6 Å². The minimum absolute atomic E-state index is 0.478. The van der Waals surface area contributed by atoms with Gasteiger partial charge >= 0.3 is 0 Å². The lowest BCUT2D eigenvalue weighted by molar-refractivity contribution is -0.132. The largest absolute Gasteiger partial charge is 0.497 e. The van der Waals surface area contributed by atoms with E-state index in [1.165, 1.54) is 6.08 Å². The Bertz CT molecular complexity index is 1350. The maximum atomic E-state index is 14.3. The molecule has 180 valence electrons. The van der Waals surface area contributed by atoms with E-state index < -0.39 is 17.0 Å². The van der Waals surface area contributed by atoms with Crippen LogP contribution >= 0.6 is 0 Å². The number of nitrogens with zero attached hydrogens (tertiary/aromatic N) is 1. The smallest absolute Gasteiger partial charge is 0.269 e. The van der Waals surface area contributed by atoms with Crippen LogP contribution in [0.25, 0.3) is 0 Å². The van der Waals surface area contributed by atoms with Crippen LogP contribution in [0.15, 0.2) is 116 Å². The predicted molar refractivity (Wildman–Crippen MR) is 140 cm³/mol. The summed E-state index contributed by atoms with van der Waals surface area (Å²) in [6.45, 7) is 3.81. The van der Waals surface area contributed by atoms with Crippen molar-refractivity contribution >= 4 is 11.6 Å². The molecule has 0 saturated heterocycles. The number of methoxy groups -OCH3 is 2. The molecule has 1 amide bonds. The Morgan fingerprint density at radius 2 is 1.22 bits per heavy atom. The number of para-hydroxylation sites is 1. The lowest BCUT2D eigenvalue weighted by atomic mass is 9.75. The van der Waals surface area contributed by atoms with Gasteiger partial charge in [0.15, 0.2) is 5.60 Å². The first-order chi connectivity index (χ1) is 17.5. The molecule has 1 aliphatic rings. The van der Waals surface area contributed by atoms with Gasteiger partial charge in [0, 0.05) is 5.56 Å². The lowest BCUT2D eigenvalue weighted by Gasteiger charge is -2.44. The average Bonchev–Trinajstić information content (AvgIpc) is 3.18. The van der Waals surface area contributed by atoms with E-state index in [1.807, 2.05) is 97.1 Å². The number of amides is 1. The number of benzene rings is 4. The monoisotopic (exact) mass is 477 g/mol. The molecule has 1 atom stereocenters. The topological polar surface area (TPSA) is 59.0 Å². The summed E-state index contributed by atoms with van der Waals surface area (Å²) in [4.78, 5) is 16.0. The minimum Gasteiger partial charge on any atom is -0.497 e. The zero-order chi connectivity index (χ0) is 25.3. The molecule has 0 radical (unpaired) electrons. The molecule has 5 nitrogen and oxygen atoms in total. The summed E-state index contributed by atoms with van der Waals surface area (Å²) in [6.07, 6.45) is 1.31. The third kappa shape index (κ3) is 3.32. The molecule has 4 aromatic rings. The van der Waals surface area contributed by atoms with Crippen LogP contribution in [0.3, 0.4) is 0 Å². The molecular weight excluding hydrogens is 450 g/mol. The Morgan fingerprint density at radius 1 is 0.750 bits per heavy atom. The maximum absolute atomic E-state index is 14.3. The van der Waals surface area contributed by atoms with Crippen molar-refractivity contribution in [1.82, 2.24) is 0 Å². The van der Waals surface area contributed by atoms with Crippen molar-refractivity contribution in [2.75, 3.05) is 19.1 Å². The molecule has 0 spiro atoms. The van der Waals surface area contributed by atoms with Crippen LogP contribution in [-0.4, -0.2) is 25.2 Å². The van der Waals surface area contributed by atoms with Gasteiger partial charge in [0.25, 0.3) is 5.91 Å². The van der Waals surface area contributed by atoms with Crippen molar-refractivity contribution in [3.8, 4) is 11.5 Å². The number of anilines is 1. The van der Waals surface area contributed by atoms with Crippen LogP contribution in [0.4, 0.5) is 5.69 Å². The van der Waals surface area contributed by atoms with Gasteiger partial charge in [0.1, 0.15) is 17.0 Å². The van der Waals surface area contributed by atoms with E-state index >= 15 is 0 Å². The molecule has 0 aliphatic carbocycles. The summed E-state index contributed by atoms with van der Waals surface area (Å²) < 4.78 is 10.9. The maximum Gasteiger partial charge on any atom is 0.269 e. The fraction of sp³-hybridized carbons (Fsp3) is 0.129. The first-order valence-corrected chi connectivity index (χ1v) is 11.7. The number of ether oxygens (including phenoxy) is 2. The number of rotatable bonds is 7. The lowest BCUT2D eigenvalue weighted by Crippen LogP contribution is -2.53. The Hall–Kier alpha value is -4.35. The molecule has 5 heteroatoms. The fourth-order valence-corrected chi connectivity index (χ4v) is 5.15. The van der Waals surface area contributed by atoms with Crippen LogP contribution in [-0.2, 0) is 15.9 Å². The second-order valence-electron chi connectivity index (χ2n) is 8.66. The highest BCUT2D eigenvalue weighted by Crippen LogP contribution is 2.52. The van der Waals surface area contributed by atoms with E-state index in [0.717, 1.165) is 16.7 Å². The summed E-state index contributed by atoms with van der Waals surface area (Å²) in [6, 6.07) is 32.5. The van der Waals surface area contributed by atoms with Gasteiger partial charge in [-0.15, -0.1) is 0 Å². The summed E-state index contributed by atoms with van der Waals surface area (Å²) in [5.74, 6) is 0.923. The Kier molecular flexibility index (Phi) is 5.86. The van der Waals surface area contributed by atoms with Gasteiger partial charge in [0.2, 0.25) is 0 Å². The van der Waals surface area contributed by atoms with E-state index in [0.29, 0.717) is 22.7 Å². The van der Waals surface area contributed by atoms with Crippen molar-refractivity contribution in [3.05, 3.63) is 138 Å². The second kappa shape index (κ2) is 9.02. The molecule has 1 N–H and O–H groups in total. The van der Waals surface area contributed by atoms with Gasteiger partial charge in [-0.3, -0.25) is 9.69 Å². The Balaban J connectivity index is 1.92. The van der Waals surface area contributed by atoms with Crippen molar-refractivity contribution in [3.63, 3.8) is 0 Å². The van der Waals surface area contributed by atoms with E-state index in [-0.39, 0.29) is 0 Å². The third-order valence-electron chi connectivity index (χ3n) is 6.92. The van der Waals surface area contributed by atoms with Crippen LogP contribution in [0.5, 0.6) is 11.5 Å². The molecule has 0 fully saturated rings. The quantitative estimate of drug-likeness (QED) is 0.285. The molecule has 0 unspecified atom stereocenters. The fourth-order valence-electron chi connectivity index (χ4n) is 5.15. The molecule has 0 saturated carbocycles. The number of hydrogen-bond acceptors (Lipinski definition) is 4. The molecule has 1 aliphatic heterocycles. The highest BCUT2D eigenvalue weighted by Gasteiger charge is 2.56. The second-order valence-corrected chi connectivity index (χ2v) is 8.66. The standard InChI is InChI=1S/C31H27NO4/c1-4-30(34)27-12-8-9-13-28(27)32(29(30)33)31(22-10-6-5-7-11-22,23-14-18-25(35-2)19-15-23)24-16-20-26(36-3)21-17-24/h4-21,34H,1H2,2-3H3/t30-/m0/s1. The van der Waals surface area contributed by atoms with Crippen molar-refractivity contribution in [2.24, 2.45) is 0 Å². The summed E-state index contributed by atoms with van der Waals surface area (Å²) in [5.41, 5.74) is 0.632. The van der Waals surface area contributed by atoms with Gasteiger partial charge in [-0.25, -0.2) is 0 Å². The van der Waals surface area contributed by atoms with Crippen molar-refractivity contribution < 1.29 is 19.4 Å². The SMILES string of the molecule is C=C[C@@]1(O)C(=O)N(C(c2ccccc2)(c2ccc(OC)cc2)c2ccc(OC)cc2)c2ccccc21. The molecule has 0 bridgehead atoms. The predicted octanol–water partition coefficient (Wildman–Crippen LogP) is 5.42. The van der Waals surface area contributed by atoms with Crippen LogP contribution in [0, 0.1) is 0 Å². The molecule has 0 aromatic heterocycles. The zero-order valence-corrected chi connectivity index (χ0v) is 20.2. The number of aliphatic hydroxyl groups is 1. The first kappa shape index (κ1) is 23.4. The average molecular weight is 478 g/mol. The van der Waals surface area contributed by atoms with E-state index in [2.05, 4.69) is 6.58 Å². The van der Waals surface area contributed by atoms with Crippen molar-refractivity contribution in [2.45, 2.75) is 11.1 Å². The van der Waals surface area contributed by atoms with E-state index in [4.69, 9.17) is 9.47 Å². The summed E-state index contributed by atoms with van der Waals surface area (Å²) in [7, 11) is 3.24. The van der Waals surface area contributed by atoms with E-state index in [1.54, 1.807) is 25.2 Å². The molecule has 5 rings (SSSR count). The van der Waals surface area contributed by atoms with Crippen molar-refractivity contribution in [1.29, 1.82) is 0 Å². The van der Waals surface area contributed by atoms with Crippen LogP contribution in [0.1, 0.15) is 22.3 Å². The summed E-state index contributed by atoms with van der Waals surface area (Å²) >= 11 is 0. The highest BCUT2D eigenvalue weighted by atomic mass is 16.5. The van der Waals surface area contributed by atoms with Crippen LogP contribution in [0.2, 0.25) is 0 Å². The number of carbonyl (C=O) groups is 1. The van der Waals surface area contributed by atoms with Gasteiger partial charge in [-0.1, -0.05) is 79.4 Å².